The third-order valence-corrected chi connectivity index (χ3v) is 11.2. The van der Waals surface area contributed by atoms with Gasteiger partial charge in [-0.25, -0.2) is 50.3 Å². The predicted molar refractivity (Wildman–Crippen MR) is 272 cm³/mol. The summed E-state index contributed by atoms with van der Waals surface area (Å²) in [4.78, 5) is 99.9. The van der Waals surface area contributed by atoms with Gasteiger partial charge >= 0.3 is 29.8 Å². The summed E-state index contributed by atoms with van der Waals surface area (Å²) in [6.07, 6.45) is -12.5. The molecule has 29 nitrogen and oxygen atoms in total. The highest BCUT2D eigenvalue weighted by Gasteiger charge is 2.46. The molecule has 0 spiro atoms. The molecule has 0 radical (unpaired) electrons. The van der Waals surface area contributed by atoms with Crippen LogP contribution >= 0.6 is 0 Å². The van der Waals surface area contributed by atoms with Gasteiger partial charge in [0.1, 0.15) is 47.6 Å². The first-order chi connectivity index (χ1) is 40.3. The molecule has 4 atom stereocenters. The minimum atomic E-state index is -2.76. The molecule has 0 unspecified atom stereocenters. The number of hydrogen-bond donors (Lipinski definition) is 0. The smallest absolute Gasteiger partial charge is 0.338 e. The topological polar surface area (TPSA) is 441 Å². The van der Waals surface area contributed by atoms with Gasteiger partial charge in [-0.1, -0.05) is 36.8 Å². The van der Waals surface area contributed by atoms with Crippen molar-refractivity contribution in [3.63, 3.8) is 0 Å². The van der Waals surface area contributed by atoms with Gasteiger partial charge in [-0.15, -0.1) is 0 Å². The Bertz CT molecular complexity index is 3720. The molecule has 0 bridgehead atoms. The highest BCUT2D eigenvalue weighted by molar-refractivity contribution is 5.97. The van der Waals surface area contributed by atoms with Crippen LogP contribution in [0.2, 0.25) is 0 Å². The van der Waals surface area contributed by atoms with E-state index in [1.54, 1.807) is 0 Å². The van der Waals surface area contributed by atoms with Gasteiger partial charge in [0.15, 0.2) is 24.1 Å². The van der Waals surface area contributed by atoms with Crippen LogP contribution in [0.3, 0.4) is 0 Å². The van der Waals surface area contributed by atoms with E-state index in [4.69, 9.17) is 56.9 Å². The van der Waals surface area contributed by atoms with Crippen molar-refractivity contribution in [2.24, 2.45) is 30.7 Å². The Morgan fingerprint density at radius 1 is 0.357 bits per heavy atom. The summed E-state index contributed by atoms with van der Waals surface area (Å²) < 4.78 is 120. The van der Waals surface area contributed by atoms with Gasteiger partial charge in [0.05, 0.1) is 61.9 Å². The van der Waals surface area contributed by atoms with E-state index in [1.807, 2.05) is 0 Å². The van der Waals surface area contributed by atoms with Crippen molar-refractivity contribution in [1.29, 1.82) is 0 Å². The van der Waals surface area contributed by atoms with Crippen LogP contribution in [0.15, 0.2) is 140 Å². The molecule has 0 aliphatic rings. The molecule has 6 aromatic carbocycles. The average molecular weight is 1160 g/mol. The van der Waals surface area contributed by atoms with Gasteiger partial charge in [-0.2, -0.15) is 0 Å². The first-order valence-corrected chi connectivity index (χ1v) is 23.0. The van der Waals surface area contributed by atoms with E-state index in [0.29, 0.717) is 36.4 Å². The second-order valence-corrected chi connectivity index (χ2v) is 16.3. The highest BCUT2D eigenvalue weighted by Crippen LogP contribution is 2.31. The maximum Gasteiger partial charge on any atom is 0.338 e. The van der Waals surface area contributed by atoms with Crippen LogP contribution in [-0.2, 0) is 23.7 Å². The number of esters is 5. The van der Waals surface area contributed by atoms with E-state index < -0.39 is 182 Å². The first-order valence-electron chi connectivity index (χ1n) is 23.0. The number of Topliss-reactive ketones (excluding diaryl/α,β-unsaturated/α-hetero) is 1. The second kappa shape index (κ2) is 28.6. The number of nitrogens with zero attached hydrogens (tertiary/aromatic N) is 18. The monoisotopic (exact) mass is 1160 g/mol. The highest BCUT2D eigenvalue weighted by atomic mass is 19.1. The average Bonchev–Trinajstić information content (AvgIpc) is 3.68. The molecule has 6 aromatic rings. The summed E-state index contributed by atoms with van der Waals surface area (Å²) >= 11 is 0. The summed E-state index contributed by atoms with van der Waals surface area (Å²) in [6, 6.07) is 12.8. The summed E-state index contributed by atoms with van der Waals surface area (Å²) in [5.74, 6) is -17.3. The van der Waals surface area contributed by atoms with Crippen molar-refractivity contribution < 1.29 is 78.8 Å². The summed E-state index contributed by atoms with van der Waals surface area (Å²) in [5.41, 5.74) is 45.2. The van der Waals surface area contributed by atoms with Crippen LogP contribution in [0, 0.1) is 34.9 Å². The lowest BCUT2D eigenvalue weighted by atomic mass is 9.95. The Labute approximate surface area is 462 Å². The van der Waals surface area contributed by atoms with E-state index in [2.05, 4.69) is 60.2 Å². The Morgan fingerprint density at radius 2 is 0.607 bits per heavy atom. The van der Waals surface area contributed by atoms with E-state index in [1.165, 1.54) is 0 Å². The van der Waals surface area contributed by atoms with Crippen molar-refractivity contribution in [3.05, 3.63) is 240 Å². The fourth-order valence-corrected chi connectivity index (χ4v) is 7.27. The van der Waals surface area contributed by atoms with E-state index in [0.717, 1.165) is 72.8 Å². The number of hydrogen-bond acceptors (Lipinski definition) is 17. The maximum absolute atomic E-state index is 15.4. The lowest BCUT2D eigenvalue weighted by molar-refractivity contribution is -0.132. The van der Waals surface area contributed by atoms with Crippen LogP contribution < -0.4 is 0 Å². The van der Waals surface area contributed by atoms with Crippen LogP contribution in [0.25, 0.3) is 62.7 Å². The number of carbonyl (C=O) groups is 6. The van der Waals surface area contributed by atoms with Gasteiger partial charge in [0.25, 0.3) is 0 Å². The number of benzene rings is 6. The molecular formula is C49H28F6N18O11. The van der Waals surface area contributed by atoms with Crippen molar-refractivity contribution >= 4 is 69.8 Å². The molecule has 0 fully saturated rings. The third kappa shape index (κ3) is 15.5. The number of rotatable bonds is 24. The molecule has 0 saturated heterocycles. The molecule has 6 rings (SSSR count). The zero-order valence-corrected chi connectivity index (χ0v) is 41.6. The summed E-state index contributed by atoms with van der Waals surface area (Å²) in [6.45, 7) is -1.49. The number of ether oxygens (including phenoxy) is 5. The molecule has 0 heterocycles. The molecule has 0 saturated carbocycles. The fourth-order valence-electron chi connectivity index (χ4n) is 7.27. The van der Waals surface area contributed by atoms with Gasteiger partial charge in [-0.3, -0.25) is 4.79 Å². The molecule has 0 aliphatic heterocycles. The number of ketones is 1. The van der Waals surface area contributed by atoms with Crippen molar-refractivity contribution in [1.82, 2.24) is 0 Å². The number of azide groups is 6. The predicted octanol–water partition coefficient (Wildman–Crippen LogP) is 14.9. The van der Waals surface area contributed by atoms with E-state index in [9.17, 15) is 28.8 Å². The van der Waals surface area contributed by atoms with Crippen LogP contribution in [0.4, 0.5) is 60.5 Å². The van der Waals surface area contributed by atoms with Crippen molar-refractivity contribution in [2.45, 2.75) is 37.3 Å². The number of carbonyl (C=O) groups excluding carboxylic acids is 6. The normalized spacial score (nSPS) is 11.7. The largest absolute Gasteiger partial charge is 0.458 e. The molecule has 0 aromatic heterocycles. The molecule has 0 aliphatic carbocycles. The lowest BCUT2D eigenvalue weighted by Gasteiger charge is -2.36. The zero-order chi connectivity index (χ0) is 61.0. The molecule has 0 amide bonds. The molecule has 422 valence electrons. The molecule has 0 N–H and O–H groups in total. The van der Waals surface area contributed by atoms with E-state index in [-0.39, 0.29) is 0 Å². The third-order valence-electron chi connectivity index (χ3n) is 11.2. The first kappa shape index (κ1) is 61.0. The summed E-state index contributed by atoms with van der Waals surface area (Å²) in [7, 11) is 0. The molecular weight excluding hydrogens is 1130 g/mol. The fraction of sp³-hybridized carbons (Fsp3) is 0.143. The molecule has 84 heavy (non-hydrogen) atoms. The van der Waals surface area contributed by atoms with Crippen molar-refractivity contribution in [3.8, 4) is 0 Å². The summed E-state index contributed by atoms with van der Waals surface area (Å²) in [5, 5.41) is 18.8. The Morgan fingerprint density at radius 3 is 0.905 bits per heavy atom. The van der Waals surface area contributed by atoms with Crippen LogP contribution in [0.5, 0.6) is 0 Å². The van der Waals surface area contributed by atoms with Crippen molar-refractivity contribution in [2.75, 3.05) is 6.61 Å². The van der Waals surface area contributed by atoms with Crippen LogP contribution in [-0.4, -0.2) is 66.7 Å². The maximum atomic E-state index is 15.4. The van der Waals surface area contributed by atoms with E-state index >= 15 is 26.3 Å². The van der Waals surface area contributed by atoms with Gasteiger partial charge in [0.2, 0.25) is 0 Å². The number of halogens is 6. The van der Waals surface area contributed by atoms with Crippen LogP contribution in [0.1, 0.15) is 75.0 Å². The van der Waals surface area contributed by atoms with Gasteiger partial charge < -0.3 is 23.7 Å². The minimum Gasteiger partial charge on any atom is -0.458 e. The Kier molecular flexibility index (Phi) is 20.8. The quantitative estimate of drug-likeness (QED) is 0.0104. The Balaban J connectivity index is 1.62. The minimum absolute atomic E-state index is 0.430. The second-order valence-electron chi connectivity index (χ2n) is 16.3. The van der Waals surface area contributed by atoms with Gasteiger partial charge in [0, 0.05) is 41.5 Å². The molecule has 35 heteroatoms. The SMILES string of the molecule is [N-]=[N+]=Nc1ccc(C(=O)CC[C@@H](OC(=O)c2ccc(N=[N+]=[N-])c(F)c2)[C@@H](OC(=O)c2ccc(N=[N+]=[N-])c(F)c2)[C@H](OC(=O)c2ccc(N=[N+]=[N-])c(F)c2)[C@@H](COC(=O)c2ccc(N=[N+]=[N-])c(F)c2)OC(=O)c2ccc(N=[N+]=[N-])c(F)c2)cc1F. The Hall–Kier alpha value is -12.2. The lowest BCUT2D eigenvalue weighted by Crippen LogP contribution is -2.53. The standard InChI is InChI=1S/C49H28F6N18O11/c50-28-15-22(1-7-34(28)62-68-56)40(74)13-14-41(81-46(76)24-3-9-36(64-70-58)30(52)17-24)43(83-48(78)26-5-11-38(66-72-60)32(54)19-26)44(84-49(79)27-6-12-39(67-73-61)33(55)20-27)42(82-47(77)25-4-10-37(65-71-59)31(53)18-25)21-80-45(75)23-2-8-35(63-69-57)29(51)16-23/h1-12,15-20,41-44H,13-14,21H2/t41-,42-,43-,44-/m1/s1. The van der Waals surface area contributed by atoms with Gasteiger partial charge in [-0.05, 0) is 143 Å². The zero-order valence-electron chi connectivity index (χ0n) is 41.6.